The maximum Gasteiger partial charge on any atom is 0.192 e. The second-order valence-electron chi connectivity index (χ2n) is 8.29. The molecular formula is C22H32IN5O. The van der Waals surface area contributed by atoms with Crippen LogP contribution < -0.4 is 15.4 Å². The first kappa shape index (κ1) is 21.9. The van der Waals surface area contributed by atoms with Gasteiger partial charge >= 0.3 is 0 Å². The molecule has 2 aliphatic rings. The lowest BCUT2D eigenvalue weighted by Gasteiger charge is -2.38. The van der Waals surface area contributed by atoms with Crippen molar-refractivity contribution in [3.05, 3.63) is 47.5 Å². The van der Waals surface area contributed by atoms with E-state index in [1.807, 2.05) is 12.1 Å². The van der Waals surface area contributed by atoms with Gasteiger partial charge in [0.25, 0.3) is 0 Å². The number of guanidine groups is 1. The summed E-state index contributed by atoms with van der Waals surface area (Å²) < 4.78 is 8.44. The molecule has 0 spiro atoms. The number of aromatic nitrogens is 2. The van der Waals surface area contributed by atoms with Crippen molar-refractivity contribution in [3.63, 3.8) is 0 Å². The fourth-order valence-electron chi connectivity index (χ4n) is 4.12. The number of para-hydroxylation sites is 1. The summed E-state index contributed by atoms with van der Waals surface area (Å²) in [4.78, 5) is 9.59. The van der Waals surface area contributed by atoms with E-state index in [1.165, 1.54) is 24.2 Å². The largest absolute Gasteiger partial charge is 0.487 e. The number of rotatable bonds is 4. The second kappa shape index (κ2) is 9.36. The molecule has 0 fully saturated rings. The number of imidazole rings is 1. The smallest absolute Gasteiger partial charge is 0.192 e. The van der Waals surface area contributed by atoms with E-state index < -0.39 is 0 Å². The summed E-state index contributed by atoms with van der Waals surface area (Å²) in [5, 5.41) is 7.01. The zero-order chi connectivity index (χ0) is 19.6. The van der Waals surface area contributed by atoms with Crippen LogP contribution in [0.3, 0.4) is 0 Å². The normalized spacial score (nSPS) is 20.0. The van der Waals surface area contributed by atoms with E-state index in [-0.39, 0.29) is 35.6 Å². The number of ether oxygens (including phenoxy) is 1. The topological polar surface area (TPSA) is 63.5 Å². The van der Waals surface area contributed by atoms with E-state index >= 15 is 0 Å². The van der Waals surface area contributed by atoms with Gasteiger partial charge in [0.15, 0.2) is 5.96 Å². The van der Waals surface area contributed by atoms with Gasteiger partial charge in [-0.25, -0.2) is 9.98 Å². The van der Waals surface area contributed by atoms with E-state index in [0.29, 0.717) is 6.54 Å². The maximum absolute atomic E-state index is 6.15. The van der Waals surface area contributed by atoms with E-state index in [0.717, 1.165) is 43.3 Å². The van der Waals surface area contributed by atoms with Gasteiger partial charge in [0.2, 0.25) is 0 Å². The summed E-state index contributed by atoms with van der Waals surface area (Å²) in [6, 6.07) is 8.43. The van der Waals surface area contributed by atoms with Crippen molar-refractivity contribution in [3.8, 4) is 5.75 Å². The number of hydrogen-bond acceptors (Lipinski definition) is 3. The van der Waals surface area contributed by atoms with Crippen molar-refractivity contribution < 1.29 is 4.74 Å². The van der Waals surface area contributed by atoms with E-state index in [1.54, 1.807) is 0 Å². The summed E-state index contributed by atoms with van der Waals surface area (Å²) in [7, 11) is 0. The van der Waals surface area contributed by atoms with Crippen LogP contribution in [0.5, 0.6) is 5.75 Å². The molecule has 0 bridgehead atoms. The number of fused-ring (bicyclic) bond motifs is 2. The third-order valence-electron chi connectivity index (χ3n) is 5.39. The number of nitrogens with zero attached hydrogens (tertiary/aromatic N) is 3. The number of nitrogens with one attached hydrogen (secondary N) is 2. The number of halogens is 1. The van der Waals surface area contributed by atoms with Crippen molar-refractivity contribution in [1.82, 2.24) is 20.2 Å². The molecule has 0 radical (unpaired) electrons. The van der Waals surface area contributed by atoms with Gasteiger partial charge in [-0.05, 0) is 39.7 Å². The Balaban J connectivity index is 0.00000240. The molecule has 0 saturated heterocycles. The fourth-order valence-corrected chi connectivity index (χ4v) is 4.12. The Bertz CT molecular complexity index is 837. The summed E-state index contributed by atoms with van der Waals surface area (Å²) in [5.74, 6) is 2.98. The fraction of sp³-hybridized carbons (Fsp3) is 0.545. The monoisotopic (exact) mass is 509 g/mol. The van der Waals surface area contributed by atoms with Crippen molar-refractivity contribution in [2.45, 2.75) is 71.2 Å². The molecule has 3 heterocycles. The van der Waals surface area contributed by atoms with Crippen molar-refractivity contribution in [1.29, 1.82) is 0 Å². The number of aryl methyl sites for hydroxylation is 2. The standard InChI is InChI=1S/C22H31N5O.HI/c1-4-23-21(24-14-16-15-27-12-8-7-11-20(27)25-16)26-18-13-22(2,3)28-19-10-6-5-9-17(18)19;/h5-6,9-10,15,18H,4,7-8,11-14H2,1-3H3,(H2,23,24,26);1H. The molecule has 0 amide bonds. The van der Waals surface area contributed by atoms with Crippen molar-refractivity contribution in [2.24, 2.45) is 4.99 Å². The Labute approximate surface area is 190 Å². The van der Waals surface area contributed by atoms with Gasteiger partial charge in [-0.2, -0.15) is 0 Å². The molecule has 6 nitrogen and oxygen atoms in total. The van der Waals surface area contributed by atoms with Gasteiger partial charge in [0, 0.05) is 37.7 Å². The van der Waals surface area contributed by atoms with Crippen LogP contribution in [0.25, 0.3) is 0 Å². The predicted octanol–water partition coefficient (Wildman–Crippen LogP) is 4.19. The Hall–Kier alpha value is -1.77. The molecule has 1 unspecified atom stereocenters. The average molecular weight is 509 g/mol. The molecule has 2 aliphatic heterocycles. The van der Waals surface area contributed by atoms with Gasteiger partial charge in [-0.3, -0.25) is 0 Å². The average Bonchev–Trinajstić information content (AvgIpc) is 3.08. The lowest BCUT2D eigenvalue weighted by molar-refractivity contribution is 0.0694. The van der Waals surface area contributed by atoms with Gasteiger partial charge in [-0.1, -0.05) is 18.2 Å². The minimum absolute atomic E-state index is 0. The Morgan fingerprint density at radius 2 is 2.14 bits per heavy atom. The van der Waals surface area contributed by atoms with Crippen molar-refractivity contribution >= 4 is 29.9 Å². The molecule has 2 N–H and O–H groups in total. The minimum Gasteiger partial charge on any atom is -0.487 e. The number of hydrogen-bond donors (Lipinski definition) is 2. The summed E-state index contributed by atoms with van der Waals surface area (Å²) in [5.41, 5.74) is 2.01. The quantitative estimate of drug-likeness (QED) is 0.369. The first-order chi connectivity index (χ1) is 13.5. The van der Waals surface area contributed by atoms with Crippen LogP contribution in [0.2, 0.25) is 0 Å². The molecule has 7 heteroatoms. The van der Waals surface area contributed by atoms with Crippen LogP contribution >= 0.6 is 24.0 Å². The van der Waals surface area contributed by atoms with Gasteiger partial charge in [-0.15, -0.1) is 24.0 Å². The Morgan fingerprint density at radius 1 is 1.31 bits per heavy atom. The zero-order valence-corrected chi connectivity index (χ0v) is 19.9. The highest BCUT2D eigenvalue weighted by atomic mass is 127. The molecular weight excluding hydrogens is 477 g/mol. The van der Waals surface area contributed by atoms with Crippen LogP contribution in [0.15, 0.2) is 35.5 Å². The highest BCUT2D eigenvalue weighted by molar-refractivity contribution is 14.0. The Morgan fingerprint density at radius 3 is 2.93 bits per heavy atom. The maximum atomic E-state index is 6.15. The second-order valence-corrected chi connectivity index (χ2v) is 8.29. The minimum atomic E-state index is -0.216. The first-order valence-corrected chi connectivity index (χ1v) is 10.4. The molecule has 1 aromatic heterocycles. The van der Waals surface area contributed by atoms with E-state index in [4.69, 9.17) is 14.7 Å². The predicted molar refractivity (Wildman–Crippen MR) is 127 cm³/mol. The molecule has 29 heavy (non-hydrogen) atoms. The Kier molecular flexibility index (Phi) is 7.08. The van der Waals surface area contributed by atoms with Crippen molar-refractivity contribution in [2.75, 3.05) is 6.54 Å². The zero-order valence-electron chi connectivity index (χ0n) is 17.6. The molecule has 4 rings (SSSR count). The molecule has 1 aromatic carbocycles. The van der Waals surface area contributed by atoms with Crippen LogP contribution in [0.1, 0.15) is 63.2 Å². The summed E-state index contributed by atoms with van der Waals surface area (Å²) >= 11 is 0. The lowest BCUT2D eigenvalue weighted by Crippen LogP contribution is -2.45. The molecule has 1 atom stereocenters. The van der Waals surface area contributed by atoms with Crippen LogP contribution in [0, 0.1) is 0 Å². The lowest BCUT2D eigenvalue weighted by atomic mass is 9.90. The highest BCUT2D eigenvalue weighted by Gasteiger charge is 2.34. The molecule has 0 aliphatic carbocycles. The number of benzene rings is 1. The SMILES string of the molecule is CCNC(=NCc1cn2c(n1)CCCC2)NC1CC(C)(C)Oc2ccccc21.I. The van der Waals surface area contributed by atoms with Gasteiger partial charge < -0.3 is 19.9 Å². The van der Waals surface area contributed by atoms with Crippen LogP contribution in [0.4, 0.5) is 0 Å². The van der Waals surface area contributed by atoms with E-state index in [9.17, 15) is 0 Å². The highest BCUT2D eigenvalue weighted by Crippen LogP contribution is 2.39. The number of aliphatic imine (C=N–C) groups is 1. The molecule has 158 valence electrons. The third-order valence-corrected chi connectivity index (χ3v) is 5.39. The van der Waals surface area contributed by atoms with Crippen LogP contribution in [-0.4, -0.2) is 27.7 Å². The molecule has 0 saturated carbocycles. The van der Waals surface area contributed by atoms with E-state index in [2.05, 4.69) is 54.3 Å². The van der Waals surface area contributed by atoms with Gasteiger partial charge in [0.1, 0.15) is 17.2 Å². The van der Waals surface area contributed by atoms with Gasteiger partial charge in [0.05, 0.1) is 18.3 Å². The molecule has 2 aromatic rings. The third kappa shape index (κ3) is 5.24. The summed E-state index contributed by atoms with van der Waals surface area (Å²) in [6.07, 6.45) is 6.61. The first-order valence-electron chi connectivity index (χ1n) is 10.4. The van der Waals surface area contributed by atoms with Crippen LogP contribution in [-0.2, 0) is 19.5 Å². The summed E-state index contributed by atoms with van der Waals surface area (Å²) in [6.45, 7) is 8.85.